The molecule has 1 aromatic carbocycles. The van der Waals surface area contributed by atoms with Gasteiger partial charge >= 0.3 is 5.97 Å². The van der Waals surface area contributed by atoms with Gasteiger partial charge in [-0.05, 0) is 5.56 Å². The molecule has 0 heterocycles. The molecule has 0 aliphatic rings. The minimum Gasteiger partial charge on any atom is -0.479 e. The van der Waals surface area contributed by atoms with Gasteiger partial charge in [0.1, 0.15) is 0 Å². The van der Waals surface area contributed by atoms with Gasteiger partial charge in [0.25, 0.3) is 0 Å². The molecule has 0 amide bonds. The van der Waals surface area contributed by atoms with Crippen molar-refractivity contribution in [2.75, 3.05) is 20.3 Å². The van der Waals surface area contributed by atoms with Crippen LogP contribution in [0, 0.1) is 0 Å². The smallest absolute Gasteiger partial charge is 0.335 e. The number of hydrogen-bond acceptors (Lipinski definition) is 3. The zero-order chi connectivity index (χ0) is 12.5. The second-order valence-corrected chi connectivity index (χ2v) is 3.43. The van der Waals surface area contributed by atoms with Gasteiger partial charge in [0.2, 0.25) is 0 Å². The number of carbonyl (C=O) groups is 1. The topological polar surface area (TPSA) is 55.8 Å². The average molecular weight is 236 g/mol. The van der Waals surface area contributed by atoms with Gasteiger partial charge < -0.3 is 14.6 Å². The molecule has 0 spiro atoms. The average Bonchev–Trinajstić information content (AvgIpc) is 2.34. The molecule has 0 bridgehead atoms. The SMILES string of the molecule is COCC(OC/C=C/c1ccccc1)C(=O)O. The molecule has 0 fully saturated rings. The van der Waals surface area contributed by atoms with E-state index < -0.39 is 12.1 Å². The van der Waals surface area contributed by atoms with E-state index in [0.29, 0.717) is 0 Å². The van der Waals surface area contributed by atoms with Crippen molar-refractivity contribution in [1.29, 1.82) is 0 Å². The highest BCUT2D eigenvalue weighted by atomic mass is 16.5. The zero-order valence-electron chi connectivity index (χ0n) is 9.70. The lowest BCUT2D eigenvalue weighted by atomic mass is 10.2. The van der Waals surface area contributed by atoms with Crippen LogP contribution < -0.4 is 0 Å². The Morgan fingerprint density at radius 1 is 1.41 bits per heavy atom. The van der Waals surface area contributed by atoms with Crippen molar-refractivity contribution < 1.29 is 19.4 Å². The number of benzene rings is 1. The second kappa shape index (κ2) is 7.60. The highest BCUT2D eigenvalue weighted by molar-refractivity contribution is 5.72. The molecule has 0 aliphatic heterocycles. The van der Waals surface area contributed by atoms with Crippen molar-refractivity contribution in [2.45, 2.75) is 6.10 Å². The van der Waals surface area contributed by atoms with Crippen molar-refractivity contribution in [3.63, 3.8) is 0 Å². The Morgan fingerprint density at radius 2 is 2.12 bits per heavy atom. The molecule has 17 heavy (non-hydrogen) atoms. The lowest BCUT2D eigenvalue weighted by Gasteiger charge is -2.10. The van der Waals surface area contributed by atoms with Gasteiger partial charge in [0, 0.05) is 7.11 Å². The van der Waals surface area contributed by atoms with E-state index >= 15 is 0 Å². The molecule has 0 radical (unpaired) electrons. The summed E-state index contributed by atoms with van der Waals surface area (Å²) in [6.07, 6.45) is 2.74. The number of carboxylic acids is 1. The normalized spacial score (nSPS) is 12.8. The molecule has 0 saturated carbocycles. The predicted octanol–water partition coefficient (Wildman–Crippen LogP) is 1.82. The van der Waals surface area contributed by atoms with Crippen LogP contribution in [0.25, 0.3) is 6.08 Å². The van der Waals surface area contributed by atoms with Gasteiger partial charge in [-0.15, -0.1) is 0 Å². The molecule has 1 unspecified atom stereocenters. The largest absolute Gasteiger partial charge is 0.479 e. The first-order valence-electron chi connectivity index (χ1n) is 5.29. The number of hydrogen-bond donors (Lipinski definition) is 1. The van der Waals surface area contributed by atoms with Crippen molar-refractivity contribution in [1.82, 2.24) is 0 Å². The third-order valence-corrected chi connectivity index (χ3v) is 2.10. The minimum atomic E-state index is -1.01. The summed E-state index contributed by atoms with van der Waals surface area (Å²) in [5.74, 6) is -1.01. The fourth-order valence-corrected chi connectivity index (χ4v) is 1.26. The maximum Gasteiger partial charge on any atom is 0.335 e. The summed E-state index contributed by atoms with van der Waals surface area (Å²) in [7, 11) is 1.44. The summed E-state index contributed by atoms with van der Waals surface area (Å²) in [6, 6.07) is 9.73. The first-order valence-corrected chi connectivity index (χ1v) is 5.29. The molecule has 1 N–H and O–H groups in total. The van der Waals surface area contributed by atoms with Gasteiger partial charge in [-0.3, -0.25) is 0 Å². The maximum atomic E-state index is 10.7. The molecule has 1 rings (SSSR count). The van der Waals surface area contributed by atoms with Crippen LogP contribution >= 0.6 is 0 Å². The van der Waals surface area contributed by atoms with E-state index in [1.54, 1.807) is 6.08 Å². The Hall–Kier alpha value is -1.65. The predicted molar refractivity (Wildman–Crippen MR) is 64.7 cm³/mol. The van der Waals surface area contributed by atoms with Gasteiger partial charge in [-0.25, -0.2) is 4.79 Å². The number of carboxylic acid groups (broad SMARTS) is 1. The van der Waals surface area contributed by atoms with E-state index in [-0.39, 0.29) is 13.2 Å². The number of aliphatic carboxylic acids is 1. The number of rotatable bonds is 7. The molecule has 92 valence electrons. The van der Waals surface area contributed by atoms with Gasteiger partial charge in [0.15, 0.2) is 6.10 Å². The highest BCUT2D eigenvalue weighted by Crippen LogP contribution is 2.01. The minimum absolute atomic E-state index is 0.0501. The van der Waals surface area contributed by atoms with Crippen LogP contribution in [0.4, 0.5) is 0 Å². The third kappa shape index (κ3) is 5.29. The summed E-state index contributed by atoms with van der Waals surface area (Å²) in [6.45, 7) is 0.295. The fourth-order valence-electron chi connectivity index (χ4n) is 1.26. The Morgan fingerprint density at radius 3 is 2.71 bits per heavy atom. The molecule has 0 saturated heterocycles. The molecule has 1 atom stereocenters. The van der Waals surface area contributed by atoms with Crippen LogP contribution in [0.5, 0.6) is 0 Å². The summed E-state index contributed by atoms with van der Waals surface area (Å²) >= 11 is 0. The zero-order valence-corrected chi connectivity index (χ0v) is 9.70. The van der Waals surface area contributed by atoms with E-state index in [9.17, 15) is 4.79 Å². The molecule has 0 aromatic heterocycles. The number of ether oxygens (including phenoxy) is 2. The molecule has 1 aromatic rings. The van der Waals surface area contributed by atoms with Crippen LogP contribution in [-0.4, -0.2) is 37.5 Å². The Balaban J connectivity index is 2.36. The maximum absolute atomic E-state index is 10.7. The highest BCUT2D eigenvalue weighted by Gasteiger charge is 2.16. The van der Waals surface area contributed by atoms with Crippen LogP contribution in [0.15, 0.2) is 36.4 Å². The molecule has 4 nitrogen and oxygen atoms in total. The Labute approximate surface area is 100 Å². The van der Waals surface area contributed by atoms with Crippen molar-refractivity contribution in [2.24, 2.45) is 0 Å². The third-order valence-electron chi connectivity index (χ3n) is 2.10. The van der Waals surface area contributed by atoms with Gasteiger partial charge in [0.05, 0.1) is 13.2 Å². The summed E-state index contributed by atoms with van der Waals surface area (Å²) in [5, 5.41) is 8.79. The molecule has 4 heteroatoms. The van der Waals surface area contributed by atoms with Crippen LogP contribution in [0.2, 0.25) is 0 Å². The van der Waals surface area contributed by atoms with Crippen LogP contribution in [-0.2, 0) is 14.3 Å². The van der Waals surface area contributed by atoms with Gasteiger partial charge in [-0.1, -0.05) is 42.5 Å². The monoisotopic (exact) mass is 236 g/mol. The summed E-state index contributed by atoms with van der Waals surface area (Å²) < 4.78 is 9.91. The van der Waals surface area contributed by atoms with Crippen LogP contribution in [0.3, 0.4) is 0 Å². The second-order valence-electron chi connectivity index (χ2n) is 3.43. The quantitative estimate of drug-likeness (QED) is 0.784. The first kappa shape index (κ1) is 13.4. The standard InChI is InChI=1S/C13H16O4/c1-16-10-12(13(14)15)17-9-5-8-11-6-3-2-4-7-11/h2-8,12H,9-10H2,1H3,(H,14,15)/b8-5+. The number of methoxy groups -OCH3 is 1. The van der Waals surface area contributed by atoms with Crippen molar-refractivity contribution >= 4 is 12.0 Å². The molecular weight excluding hydrogens is 220 g/mol. The molecule has 0 aliphatic carbocycles. The summed E-state index contributed by atoms with van der Waals surface area (Å²) in [4.78, 5) is 10.7. The van der Waals surface area contributed by atoms with E-state index in [4.69, 9.17) is 14.6 Å². The fraction of sp³-hybridized carbons (Fsp3) is 0.308. The van der Waals surface area contributed by atoms with Crippen LogP contribution in [0.1, 0.15) is 5.56 Å². The van der Waals surface area contributed by atoms with Crippen molar-refractivity contribution in [3.8, 4) is 0 Å². The first-order chi connectivity index (χ1) is 8.24. The van der Waals surface area contributed by atoms with E-state index in [1.807, 2.05) is 36.4 Å². The lowest BCUT2D eigenvalue weighted by molar-refractivity contribution is -0.152. The lowest BCUT2D eigenvalue weighted by Crippen LogP contribution is -2.28. The van der Waals surface area contributed by atoms with E-state index in [1.165, 1.54) is 7.11 Å². The van der Waals surface area contributed by atoms with E-state index in [2.05, 4.69) is 0 Å². The van der Waals surface area contributed by atoms with Crippen molar-refractivity contribution in [3.05, 3.63) is 42.0 Å². The Bertz CT molecular complexity index is 359. The molecular formula is C13H16O4. The van der Waals surface area contributed by atoms with Gasteiger partial charge in [-0.2, -0.15) is 0 Å². The Kier molecular flexibility index (Phi) is 5.99. The summed E-state index contributed by atoms with van der Waals surface area (Å²) in [5.41, 5.74) is 1.05. The van der Waals surface area contributed by atoms with E-state index in [0.717, 1.165) is 5.56 Å².